The Morgan fingerprint density at radius 2 is 1.90 bits per heavy atom. The molecule has 1 fully saturated rings. The maximum Gasteiger partial charge on any atom is 0.335 e. The highest BCUT2D eigenvalue weighted by atomic mass is 16.5. The van der Waals surface area contributed by atoms with Crippen molar-refractivity contribution in [1.82, 2.24) is 9.80 Å². The molecule has 3 atom stereocenters. The van der Waals surface area contributed by atoms with Gasteiger partial charge >= 0.3 is 5.97 Å². The molecular weight excluding hydrogens is 364 g/mol. The Morgan fingerprint density at radius 3 is 2.52 bits per heavy atom. The van der Waals surface area contributed by atoms with Crippen LogP contribution in [0.2, 0.25) is 0 Å². The van der Waals surface area contributed by atoms with Crippen LogP contribution in [0.15, 0.2) is 61.2 Å². The molecular formula is C24H30N2O3. The number of piperazine rings is 1. The first-order chi connectivity index (χ1) is 13.9. The molecule has 29 heavy (non-hydrogen) atoms. The molecule has 5 heteroatoms. The number of benzene rings is 2. The molecule has 154 valence electrons. The predicted octanol–water partition coefficient (Wildman–Crippen LogP) is 4.06. The van der Waals surface area contributed by atoms with Gasteiger partial charge in [-0.15, -0.1) is 6.58 Å². The number of ether oxygens (including phenoxy) is 1. The molecule has 5 nitrogen and oxygen atoms in total. The maximum absolute atomic E-state index is 11.3. The van der Waals surface area contributed by atoms with Crippen molar-refractivity contribution in [3.8, 4) is 5.75 Å². The smallest absolute Gasteiger partial charge is 0.335 e. The number of hydrogen-bond donors (Lipinski definition) is 1. The predicted molar refractivity (Wildman–Crippen MR) is 116 cm³/mol. The maximum atomic E-state index is 11.3. The fourth-order valence-corrected chi connectivity index (χ4v) is 4.20. The van der Waals surface area contributed by atoms with Gasteiger partial charge in [-0.25, -0.2) is 4.79 Å². The van der Waals surface area contributed by atoms with Gasteiger partial charge in [-0.1, -0.05) is 30.3 Å². The average molecular weight is 395 g/mol. The average Bonchev–Trinajstić information content (AvgIpc) is 2.72. The van der Waals surface area contributed by atoms with Gasteiger partial charge in [-0.3, -0.25) is 9.80 Å². The number of carbonyl (C=O) groups is 1. The van der Waals surface area contributed by atoms with E-state index >= 15 is 0 Å². The van der Waals surface area contributed by atoms with E-state index in [4.69, 9.17) is 4.74 Å². The second-order valence-corrected chi connectivity index (χ2v) is 7.74. The normalized spacial score (nSPS) is 21.5. The van der Waals surface area contributed by atoms with Crippen LogP contribution in [-0.4, -0.2) is 59.7 Å². The third kappa shape index (κ3) is 4.69. The second-order valence-electron chi connectivity index (χ2n) is 7.74. The minimum absolute atomic E-state index is 0.0243. The van der Waals surface area contributed by atoms with Gasteiger partial charge in [0.15, 0.2) is 0 Å². The summed E-state index contributed by atoms with van der Waals surface area (Å²) in [7, 11) is 1.68. The molecule has 0 unspecified atom stereocenters. The zero-order valence-corrected chi connectivity index (χ0v) is 17.4. The monoisotopic (exact) mass is 394 g/mol. The molecule has 1 heterocycles. The van der Waals surface area contributed by atoms with Crippen molar-refractivity contribution in [2.45, 2.75) is 32.0 Å². The molecule has 0 spiro atoms. The molecule has 1 aliphatic heterocycles. The minimum Gasteiger partial charge on any atom is -0.497 e. The molecule has 0 aliphatic carbocycles. The summed E-state index contributed by atoms with van der Waals surface area (Å²) in [5.74, 6) is -0.0878. The van der Waals surface area contributed by atoms with E-state index in [-0.39, 0.29) is 6.04 Å². The van der Waals surface area contributed by atoms with Crippen molar-refractivity contribution >= 4 is 5.97 Å². The van der Waals surface area contributed by atoms with Gasteiger partial charge in [0.25, 0.3) is 0 Å². The molecule has 0 aromatic heterocycles. The fourth-order valence-electron chi connectivity index (χ4n) is 4.20. The molecule has 0 saturated carbocycles. The van der Waals surface area contributed by atoms with E-state index in [9.17, 15) is 9.90 Å². The summed E-state index contributed by atoms with van der Waals surface area (Å²) in [6.07, 6.45) is 1.96. The van der Waals surface area contributed by atoms with E-state index in [0.717, 1.165) is 36.5 Å². The summed E-state index contributed by atoms with van der Waals surface area (Å²) in [6.45, 7) is 11.1. The molecule has 0 radical (unpaired) electrons. The van der Waals surface area contributed by atoms with Crippen LogP contribution in [0, 0.1) is 0 Å². The first-order valence-electron chi connectivity index (χ1n) is 10.0. The van der Waals surface area contributed by atoms with Crippen molar-refractivity contribution < 1.29 is 14.6 Å². The lowest BCUT2D eigenvalue weighted by atomic mass is 9.93. The Balaban J connectivity index is 2.00. The minimum atomic E-state index is -0.908. The Kier molecular flexibility index (Phi) is 6.72. The van der Waals surface area contributed by atoms with Crippen LogP contribution in [0.4, 0.5) is 0 Å². The lowest BCUT2D eigenvalue weighted by Crippen LogP contribution is -2.57. The molecule has 2 aromatic carbocycles. The Hall–Kier alpha value is -2.63. The number of hydrogen-bond acceptors (Lipinski definition) is 4. The van der Waals surface area contributed by atoms with Crippen molar-refractivity contribution in [3.05, 3.63) is 77.9 Å². The molecule has 3 rings (SSSR count). The standard InChI is InChI=1S/C24H30N2O3/c1-5-13-25-15-18(3)26(16-17(25)2)23(21-7-6-8-22(14-21)29-4)19-9-11-20(12-10-19)24(27)28/h5-12,14,17-18,23H,1,13,15-16H2,2-4H3,(H,27,28)/t17-,18+,23-/m1/s1. The highest BCUT2D eigenvalue weighted by molar-refractivity contribution is 5.87. The lowest BCUT2D eigenvalue weighted by Gasteiger charge is -2.47. The number of methoxy groups -OCH3 is 1. The highest BCUT2D eigenvalue weighted by Gasteiger charge is 2.34. The summed E-state index contributed by atoms with van der Waals surface area (Å²) in [5, 5.41) is 9.26. The van der Waals surface area contributed by atoms with Crippen LogP contribution in [0.5, 0.6) is 5.75 Å². The van der Waals surface area contributed by atoms with E-state index < -0.39 is 5.97 Å². The van der Waals surface area contributed by atoms with E-state index in [0.29, 0.717) is 17.6 Å². The SMILES string of the molecule is C=CCN1C[C@H](C)N([C@H](c2ccc(C(=O)O)cc2)c2cccc(OC)c2)C[C@H]1C. The molecule has 0 amide bonds. The Labute approximate surface area is 173 Å². The number of carboxylic acids is 1. The third-order valence-electron chi connectivity index (χ3n) is 5.74. The van der Waals surface area contributed by atoms with Gasteiger partial charge in [0, 0.05) is 31.7 Å². The summed E-state index contributed by atoms with van der Waals surface area (Å²) in [6, 6.07) is 16.1. The number of carboxylic acid groups (broad SMARTS) is 1. The zero-order valence-electron chi connectivity index (χ0n) is 17.4. The van der Waals surface area contributed by atoms with Gasteiger partial charge in [0.2, 0.25) is 0 Å². The van der Waals surface area contributed by atoms with Crippen LogP contribution >= 0.6 is 0 Å². The summed E-state index contributed by atoms with van der Waals surface area (Å²) in [4.78, 5) is 16.2. The molecule has 0 bridgehead atoms. The largest absolute Gasteiger partial charge is 0.497 e. The first kappa shape index (κ1) is 21.1. The topological polar surface area (TPSA) is 53.0 Å². The lowest BCUT2D eigenvalue weighted by molar-refractivity contribution is 0.0306. The van der Waals surface area contributed by atoms with Crippen molar-refractivity contribution in [2.24, 2.45) is 0 Å². The molecule has 1 saturated heterocycles. The number of aromatic carboxylic acids is 1. The number of nitrogens with zero attached hydrogens (tertiary/aromatic N) is 2. The molecule has 1 aliphatic rings. The Morgan fingerprint density at radius 1 is 1.17 bits per heavy atom. The number of rotatable bonds is 7. The van der Waals surface area contributed by atoms with Crippen molar-refractivity contribution in [1.29, 1.82) is 0 Å². The van der Waals surface area contributed by atoms with E-state index in [2.05, 4.69) is 42.4 Å². The van der Waals surface area contributed by atoms with E-state index in [1.807, 2.05) is 30.3 Å². The summed E-state index contributed by atoms with van der Waals surface area (Å²) < 4.78 is 5.46. The van der Waals surface area contributed by atoms with Gasteiger partial charge in [0.05, 0.1) is 18.7 Å². The van der Waals surface area contributed by atoms with Crippen LogP contribution in [-0.2, 0) is 0 Å². The second kappa shape index (κ2) is 9.25. The van der Waals surface area contributed by atoms with E-state index in [1.54, 1.807) is 19.2 Å². The van der Waals surface area contributed by atoms with Gasteiger partial charge in [0.1, 0.15) is 5.75 Å². The highest BCUT2D eigenvalue weighted by Crippen LogP contribution is 2.34. The van der Waals surface area contributed by atoms with Crippen LogP contribution in [0.3, 0.4) is 0 Å². The van der Waals surface area contributed by atoms with Crippen molar-refractivity contribution in [3.63, 3.8) is 0 Å². The van der Waals surface area contributed by atoms with Crippen LogP contribution in [0.25, 0.3) is 0 Å². The van der Waals surface area contributed by atoms with Crippen LogP contribution in [0.1, 0.15) is 41.4 Å². The van der Waals surface area contributed by atoms with Crippen molar-refractivity contribution in [2.75, 3.05) is 26.7 Å². The van der Waals surface area contributed by atoms with Gasteiger partial charge in [-0.05, 0) is 49.2 Å². The quantitative estimate of drug-likeness (QED) is 0.718. The molecule has 1 N–H and O–H groups in total. The van der Waals surface area contributed by atoms with Gasteiger partial charge < -0.3 is 9.84 Å². The Bertz CT molecular complexity index is 849. The summed E-state index contributed by atoms with van der Waals surface area (Å²) >= 11 is 0. The third-order valence-corrected chi connectivity index (χ3v) is 5.74. The zero-order chi connectivity index (χ0) is 21.0. The van der Waals surface area contributed by atoms with Gasteiger partial charge in [-0.2, -0.15) is 0 Å². The van der Waals surface area contributed by atoms with Crippen LogP contribution < -0.4 is 4.74 Å². The fraction of sp³-hybridized carbons (Fsp3) is 0.375. The molecule has 2 aromatic rings. The first-order valence-corrected chi connectivity index (χ1v) is 10.0. The van der Waals surface area contributed by atoms with E-state index in [1.165, 1.54) is 0 Å². The summed E-state index contributed by atoms with van der Waals surface area (Å²) in [5.41, 5.74) is 2.53.